The van der Waals surface area contributed by atoms with Crippen molar-refractivity contribution in [2.75, 3.05) is 18.5 Å². The molecule has 1 aromatic rings. The summed E-state index contributed by atoms with van der Waals surface area (Å²) < 4.78 is 36.9. The van der Waals surface area contributed by atoms with E-state index in [2.05, 4.69) is 18.5 Å². The van der Waals surface area contributed by atoms with Crippen molar-refractivity contribution in [2.45, 2.75) is 12.5 Å². The lowest BCUT2D eigenvalue weighted by Gasteiger charge is -2.29. The van der Waals surface area contributed by atoms with Crippen LogP contribution < -0.4 is 10.6 Å². The van der Waals surface area contributed by atoms with Crippen molar-refractivity contribution in [3.05, 3.63) is 55.1 Å². The van der Waals surface area contributed by atoms with Crippen molar-refractivity contribution < 1.29 is 32.6 Å². The Kier molecular flexibility index (Phi) is 7.45. The highest BCUT2D eigenvalue weighted by atomic mass is 19.1. The number of para-hydroxylation sites is 1. The molecule has 1 aromatic carbocycles. The molecule has 0 fully saturated rings. The van der Waals surface area contributed by atoms with Crippen LogP contribution in [0.15, 0.2) is 43.5 Å². The Morgan fingerprint density at radius 1 is 1.08 bits per heavy atom. The van der Waals surface area contributed by atoms with Gasteiger partial charge in [0, 0.05) is 12.2 Å². The Hall–Kier alpha value is -3.23. The van der Waals surface area contributed by atoms with Crippen LogP contribution in [0.5, 0.6) is 0 Å². The normalized spacial score (nSPS) is 10.4. The number of hydrogen-bond acceptors (Lipinski definition) is 5. The molecule has 0 aliphatic rings. The van der Waals surface area contributed by atoms with Crippen LogP contribution in [0.2, 0.25) is 0 Å². The van der Waals surface area contributed by atoms with Gasteiger partial charge >= 0.3 is 18.0 Å². The maximum Gasteiger partial charge on any atom is 0.330 e. The van der Waals surface area contributed by atoms with E-state index < -0.39 is 54.0 Å². The molecule has 0 heterocycles. The summed E-state index contributed by atoms with van der Waals surface area (Å²) in [6.45, 7) is 7.07. The second-order valence-corrected chi connectivity index (χ2v) is 5.36. The molecule has 0 spiro atoms. The number of esters is 2. The van der Waals surface area contributed by atoms with Crippen molar-refractivity contribution >= 4 is 23.7 Å². The summed E-state index contributed by atoms with van der Waals surface area (Å²) in [6, 6.07) is 2.08. The molecule has 26 heavy (non-hydrogen) atoms. The lowest BCUT2D eigenvalue weighted by atomic mass is 10.1. The molecule has 0 atom stereocenters. The van der Waals surface area contributed by atoms with Gasteiger partial charge in [-0.25, -0.2) is 23.2 Å². The van der Waals surface area contributed by atoms with Gasteiger partial charge in [0.25, 0.3) is 0 Å². The predicted octanol–water partition coefficient (Wildman–Crippen LogP) is 2.30. The molecule has 0 unspecified atom stereocenters. The molecule has 7 nitrogen and oxygen atoms in total. The van der Waals surface area contributed by atoms with E-state index in [-0.39, 0.29) is 0 Å². The summed E-state index contributed by atoms with van der Waals surface area (Å²) in [7, 11) is 0. The molecule has 0 bridgehead atoms. The van der Waals surface area contributed by atoms with Gasteiger partial charge in [0.05, 0.1) is 0 Å². The quantitative estimate of drug-likeness (QED) is 0.542. The van der Waals surface area contributed by atoms with E-state index in [1.807, 2.05) is 5.32 Å². The monoisotopic (exact) mass is 368 g/mol. The van der Waals surface area contributed by atoms with Gasteiger partial charge in [-0.15, -0.1) is 0 Å². The zero-order valence-electron chi connectivity index (χ0n) is 14.0. The number of carbonyl (C=O) groups excluding carboxylic acids is 3. The molecule has 140 valence electrons. The minimum atomic E-state index is -1.39. The smallest absolute Gasteiger partial charge is 0.330 e. The first-order chi connectivity index (χ1) is 12.2. The van der Waals surface area contributed by atoms with Crippen LogP contribution in [-0.2, 0) is 19.1 Å². The van der Waals surface area contributed by atoms with E-state index in [0.29, 0.717) is 0 Å². The number of hydrogen-bond donors (Lipinski definition) is 2. The van der Waals surface area contributed by atoms with E-state index in [1.54, 1.807) is 0 Å². The summed E-state index contributed by atoms with van der Waals surface area (Å²) >= 11 is 0. The van der Waals surface area contributed by atoms with Crippen LogP contribution >= 0.6 is 0 Å². The first kappa shape index (κ1) is 20.8. The van der Waals surface area contributed by atoms with Gasteiger partial charge in [-0.1, -0.05) is 19.2 Å². The zero-order valence-corrected chi connectivity index (χ0v) is 14.0. The van der Waals surface area contributed by atoms with Gasteiger partial charge in [0.1, 0.15) is 36.1 Å². The molecule has 0 saturated carbocycles. The molecular weight excluding hydrogens is 350 g/mol. The first-order valence-corrected chi connectivity index (χ1v) is 7.32. The van der Waals surface area contributed by atoms with Crippen LogP contribution in [0.4, 0.5) is 19.3 Å². The van der Waals surface area contributed by atoms with Crippen molar-refractivity contribution in [3.8, 4) is 0 Å². The van der Waals surface area contributed by atoms with Crippen molar-refractivity contribution in [2.24, 2.45) is 0 Å². The second-order valence-electron chi connectivity index (χ2n) is 5.36. The molecule has 0 radical (unpaired) electrons. The van der Waals surface area contributed by atoms with E-state index in [4.69, 9.17) is 9.47 Å². The summed E-state index contributed by atoms with van der Waals surface area (Å²) in [5, 5.41) is 4.36. The summed E-state index contributed by atoms with van der Waals surface area (Å²) in [5.74, 6) is -3.49. The number of rotatable bonds is 8. The second kappa shape index (κ2) is 9.30. The molecule has 1 rings (SSSR count). The highest BCUT2D eigenvalue weighted by molar-refractivity contribution is 5.90. The Morgan fingerprint density at radius 2 is 1.54 bits per heavy atom. The van der Waals surface area contributed by atoms with Crippen LogP contribution in [0, 0.1) is 11.6 Å². The molecule has 0 aliphatic heterocycles. The zero-order chi connectivity index (χ0) is 19.7. The maximum atomic E-state index is 13.6. The molecule has 0 aromatic heterocycles. The van der Waals surface area contributed by atoms with Crippen LogP contribution in [0.3, 0.4) is 0 Å². The average Bonchev–Trinajstić information content (AvgIpc) is 2.61. The van der Waals surface area contributed by atoms with Crippen LogP contribution in [-0.4, -0.2) is 36.7 Å². The lowest BCUT2D eigenvalue weighted by molar-refractivity contribution is -0.144. The minimum absolute atomic E-state index is 0.393. The van der Waals surface area contributed by atoms with E-state index in [0.717, 1.165) is 30.4 Å². The molecule has 0 saturated heterocycles. The topological polar surface area (TPSA) is 93.7 Å². The van der Waals surface area contributed by atoms with Crippen LogP contribution in [0.1, 0.15) is 6.92 Å². The SMILES string of the molecule is C=CC(=O)OCC(C)(COC(=O)C=C)NC(=O)Nc1c(F)cccc1F. The standard InChI is InChI=1S/C17H18F2N2O5/c1-4-13(22)25-9-17(3,10-26-14(23)5-2)21-16(24)20-15-11(18)7-6-8-12(15)19/h4-8H,1-2,9-10H2,3H3,(H2,20,21,24). The van der Waals surface area contributed by atoms with Crippen molar-refractivity contribution in [1.82, 2.24) is 5.32 Å². The summed E-state index contributed by atoms with van der Waals surface area (Å²) in [4.78, 5) is 34.5. The van der Waals surface area contributed by atoms with Gasteiger partial charge in [-0.3, -0.25) is 0 Å². The third-order valence-corrected chi connectivity index (χ3v) is 3.02. The Balaban J connectivity index is 2.86. The highest BCUT2D eigenvalue weighted by Crippen LogP contribution is 2.18. The molecule has 2 N–H and O–H groups in total. The fourth-order valence-corrected chi connectivity index (χ4v) is 1.73. The molecular formula is C17H18F2N2O5. The van der Waals surface area contributed by atoms with Gasteiger partial charge in [-0.05, 0) is 19.1 Å². The lowest BCUT2D eigenvalue weighted by Crippen LogP contribution is -2.54. The fourth-order valence-electron chi connectivity index (χ4n) is 1.73. The van der Waals surface area contributed by atoms with E-state index in [1.165, 1.54) is 6.92 Å². The third-order valence-electron chi connectivity index (χ3n) is 3.02. The van der Waals surface area contributed by atoms with Crippen LogP contribution in [0.25, 0.3) is 0 Å². The third kappa shape index (κ3) is 6.34. The number of halogens is 2. The average molecular weight is 368 g/mol. The Bertz CT molecular complexity index is 677. The molecule has 9 heteroatoms. The number of anilines is 1. The highest BCUT2D eigenvalue weighted by Gasteiger charge is 2.30. The summed E-state index contributed by atoms with van der Waals surface area (Å²) in [6.07, 6.45) is 1.82. The van der Waals surface area contributed by atoms with Gasteiger partial charge in [0.2, 0.25) is 0 Å². The number of carbonyl (C=O) groups is 3. The summed E-state index contributed by atoms with van der Waals surface area (Å²) in [5.41, 5.74) is -2.04. The maximum absolute atomic E-state index is 13.6. The van der Waals surface area contributed by atoms with E-state index >= 15 is 0 Å². The molecule has 0 aliphatic carbocycles. The minimum Gasteiger partial charge on any atom is -0.460 e. The first-order valence-electron chi connectivity index (χ1n) is 7.32. The van der Waals surface area contributed by atoms with Gasteiger partial charge in [0.15, 0.2) is 0 Å². The van der Waals surface area contributed by atoms with Gasteiger partial charge < -0.3 is 20.1 Å². The van der Waals surface area contributed by atoms with Crippen molar-refractivity contribution in [3.63, 3.8) is 0 Å². The van der Waals surface area contributed by atoms with Gasteiger partial charge in [-0.2, -0.15) is 0 Å². The molecule has 2 amide bonds. The number of amides is 2. The van der Waals surface area contributed by atoms with E-state index in [9.17, 15) is 23.2 Å². The predicted molar refractivity (Wildman–Crippen MR) is 89.2 cm³/mol. The number of urea groups is 1. The van der Waals surface area contributed by atoms with Crippen molar-refractivity contribution in [1.29, 1.82) is 0 Å². The largest absolute Gasteiger partial charge is 0.460 e. The Morgan fingerprint density at radius 3 is 1.96 bits per heavy atom. The Labute approximate surface area is 148 Å². The number of nitrogens with one attached hydrogen (secondary N) is 2. The number of benzene rings is 1. The number of ether oxygens (including phenoxy) is 2. The fraction of sp³-hybridized carbons (Fsp3) is 0.235.